The Hall–Kier alpha value is -1.48. The molecule has 0 fully saturated rings. The zero-order valence-electron chi connectivity index (χ0n) is 12.0. The van der Waals surface area contributed by atoms with Gasteiger partial charge in [0.1, 0.15) is 10.7 Å². The molecule has 6 nitrogen and oxygen atoms in total. The van der Waals surface area contributed by atoms with Crippen molar-refractivity contribution >= 4 is 28.2 Å². The molecule has 0 aromatic carbocycles. The van der Waals surface area contributed by atoms with E-state index in [1.54, 1.807) is 0 Å². The molecular formula is C12H20F2N4O2S. The third-order valence-corrected chi connectivity index (χ3v) is 3.54. The number of carbonyl (C=O) groups is 1. The molecule has 0 unspecified atom stereocenters. The van der Waals surface area contributed by atoms with Crippen LogP contribution in [0.5, 0.6) is 0 Å². The van der Waals surface area contributed by atoms with Crippen molar-refractivity contribution in [3.8, 4) is 0 Å². The number of anilines is 2. The van der Waals surface area contributed by atoms with E-state index in [0.717, 1.165) is 16.2 Å². The average molecular weight is 322 g/mol. The number of nitrogens with one attached hydrogen (secondary N) is 1. The van der Waals surface area contributed by atoms with Crippen molar-refractivity contribution in [3.63, 3.8) is 0 Å². The maximum absolute atomic E-state index is 12.5. The number of rotatable bonds is 8. The van der Waals surface area contributed by atoms with Gasteiger partial charge in [0.05, 0.1) is 13.2 Å². The third-order valence-electron chi connectivity index (χ3n) is 2.52. The molecule has 0 aliphatic heterocycles. The molecule has 0 aliphatic rings. The summed E-state index contributed by atoms with van der Waals surface area (Å²) < 4.78 is 24.9. The normalized spacial score (nSPS) is 11.2. The summed E-state index contributed by atoms with van der Waals surface area (Å²) in [5.41, 5.74) is 5.68. The van der Waals surface area contributed by atoms with Crippen molar-refractivity contribution in [2.45, 2.75) is 20.3 Å². The van der Waals surface area contributed by atoms with Gasteiger partial charge in [0.2, 0.25) is 0 Å². The molecule has 120 valence electrons. The van der Waals surface area contributed by atoms with Crippen LogP contribution in [0, 0.1) is 5.92 Å². The topological polar surface area (TPSA) is 91.5 Å². The first kappa shape index (κ1) is 17.6. The Morgan fingerprint density at radius 2 is 2.19 bits per heavy atom. The molecule has 1 amide bonds. The van der Waals surface area contributed by atoms with Gasteiger partial charge >= 0.3 is 0 Å². The summed E-state index contributed by atoms with van der Waals surface area (Å²) in [4.78, 5) is 17.2. The molecule has 0 bridgehead atoms. The molecule has 21 heavy (non-hydrogen) atoms. The van der Waals surface area contributed by atoms with Gasteiger partial charge in [0, 0.05) is 13.1 Å². The number of halogens is 2. The zero-order chi connectivity index (χ0) is 16.0. The van der Waals surface area contributed by atoms with E-state index in [2.05, 4.69) is 10.3 Å². The number of amides is 1. The van der Waals surface area contributed by atoms with Crippen LogP contribution in [0.2, 0.25) is 0 Å². The summed E-state index contributed by atoms with van der Waals surface area (Å²) >= 11 is 1.03. The number of aromatic nitrogens is 1. The monoisotopic (exact) mass is 322 g/mol. The smallest absolute Gasteiger partial charge is 0.268 e. The maximum Gasteiger partial charge on any atom is 0.268 e. The van der Waals surface area contributed by atoms with E-state index in [0.29, 0.717) is 17.6 Å². The molecule has 1 aromatic heterocycles. The van der Waals surface area contributed by atoms with Gasteiger partial charge in [0.15, 0.2) is 5.13 Å². The third kappa shape index (κ3) is 5.43. The molecule has 0 spiro atoms. The molecule has 0 saturated carbocycles. The van der Waals surface area contributed by atoms with Crippen LogP contribution in [0.1, 0.15) is 23.5 Å². The van der Waals surface area contributed by atoms with E-state index in [4.69, 9.17) is 10.8 Å². The Balaban J connectivity index is 2.84. The Morgan fingerprint density at radius 1 is 1.52 bits per heavy atom. The molecule has 1 heterocycles. The minimum Gasteiger partial charge on any atom is -0.395 e. The van der Waals surface area contributed by atoms with E-state index in [-0.39, 0.29) is 17.2 Å². The molecule has 0 radical (unpaired) electrons. The van der Waals surface area contributed by atoms with Crippen molar-refractivity contribution in [2.75, 3.05) is 37.3 Å². The summed E-state index contributed by atoms with van der Waals surface area (Å²) in [7, 11) is 0. The first-order valence-electron chi connectivity index (χ1n) is 6.53. The van der Waals surface area contributed by atoms with Crippen LogP contribution in [0.4, 0.5) is 19.7 Å². The van der Waals surface area contributed by atoms with Gasteiger partial charge in [-0.2, -0.15) is 0 Å². The lowest BCUT2D eigenvalue weighted by molar-refractivity contribution is 0.0514. The predicted molar refractivity (Wildman–Crippen MR) is 78.8 cm³/mol. The fourth-order valence-electron chi connectivity index (χ4n) is 1.56. The number of hydrogen-bond acceptors (Lipinski definition) is 6. The summed E-state index contributed by atoms with van der Waals surface area (Å²) in [6.07, 6.45) is -2.67. The molecule has 0 saturated heterocycles. The second-order valence-corrected chi connectivity index (χ2v) is 5.87. The largest absolute Gasteiger partial charge is 0.395 e. The number of aliphatic hydroxyl groups is 1. The lowest BCUT2D eigenvalue weighted by Gasteiger charge is -2.20. The molecule has 1 rings (SSSR count). The van der Waals surface area contributed by atoms with Crippen molar-refractivity contribution in [3.05, 3.63) is 4.88 Å². The summed E-state index contributed by atoms with van der Waals surface area (Å²) in [5, 5.41) is 12.4. The summed E-state index contributed by atoms with van der Waals surface area (Å²) in [6.45, 7) is 3.39. The van der Waals surface area contributed by atoms with Crippen LogP contribution in [-0.4, -0.2) is 53.6 Å². The molecule has 0 atom stereocenters. The van der Waals surface area contributed by atoms with Crippen molar-refractivity contribution in [1.82, 2.24) is 9.88 Å². The van der Waals surface area contributed by atoms with E-state index in [9.17, 15) is 13.6 Å². The molecule has 0 aliphatic carbocycles. The Bertz CT molecular complexity index is 468. The van der Waals surface area contributed by atoms with E-state index >= 15 is 0 Å². The van der Waals surface area contributed by atoms with E-state index in [1.165, 1.54) is 0 Å². The van der Waals surface area contributed by atoms with Crippen LogP contribution in [0.15, 0.2) is 0 Å². The first-order valence-corrected chi connectivity index (χ1v) is 7.35. The quantitative estimate of drug-likeness (QED) is 0.674. The van der Waals surface area contributed by atoms with Crippen LogP contribution in [0.3, 0.4) is 0 Å². The number of nitrogens with zero attached hydrogens (tertiary/aromatic N) is 2. The minimum atomic E-state index is -2.67. The Kier molecular flexibility index (Phi) is 6.76. The average Bonchev–Trinajstić information content (AvgIpc) is 2.76. The first-order chi connectivity index (χ1) is 9.85. The lowest BCUT2D eigenvalue weighted by atomic mass is 10.2. The number of nitrogen functional groups attached to an aromatic ring is 1. The van der Waals surface area contributed by atoms with Gasteiger partial charge in [-0.1, -0.05) is 25.2 Å². The highest BCUT2D eigenvalue weighted by atomic mass is 32.1. The highest BCUT2D eigenvalue weighted by molar-refractivity contribution is 7.18. The fraction of sp³-hybridized carbons (Fsp3) is 0.667. The standard InChI is InChI=1S/C12H20F2N4O2S/c1-7(2)5-16-12-17-10(15)9(21-12)11(20)18(3-4-19)6-8(13)14/h7-8,19H,3-6,15H2,1-2H3,(H,16,17). The van der Waals surface area contributed by atoms with Crippen LogP contribution in [0.25, 0.3) is 0 Å². The maximum atomic E-state index is 12.5. The Labute approximate surface area is 126 Å². The van der Waals surface area contributed by atoms with Gasteiger partial charge < -0.3 is 21.1 Å². The second kappa shape index (κ2) is 8.08. The highest BCUT2D eigenvalue weighted by Gasteiger charge is 2.24. The van der Waals surface area contributed by atoms with Gasteiger partial charge in [-0.05, 0) is 5.92 Å². The molecular weight excluding hydrogens is 302 g/mol. The van der Waals surface area contributed by atoms with Crippen LogP contribution in [-0.2, 0) is 0 Å². The number of thiazole rings is 1. The van der Waals surface area contributed by atoms with Crippen molar-refractivity contribution in [1.29, 1.82) is 0 Å². The Morgan fingerprint density at radius 3 is 2.71 bits per heavy atom. The fourth-order valence-corrected chi connectivity index (χ4v) is 2.42. The number of alkyl halides is 2. The molecule has 1 aromatic rings. The van der Waals surface area contributed by atoms with Crippen molar-refractivity contribution in [2.24, 2.45) is 5.92 Å². The van der Waals surface area contributed by atoms with Crippen LogP contribution >= 0.6 is 11.3 Å². The van der Waals surface area contributed by atoms with E-state index < -0.39 is 25.5 Å². The number of aliphatic hydroxyl groups excluding tert-OH is 1. The predicted octanol–water partition coefficient (Wildman–Crippen LogP) is 1.49. The zero-order valence-corrected chi connectivity index (χ0v) is 12.8. The minimum absolute atomic E-state index is 0.00784. The van der Waals surface area contributed by atoms with Crippen LogP contribution < -0.4 is 11.1 Å². The molecule has 9 heteroatoms. The number of nitrogens with two attached hydrogens (primary N) is 1. The van der Waals surface area contributed by atoms with Gasteiger partial charge in [0.25, 0.3) is 12.3 Å². The van der Waals surface area contributed by atoms with E-state index in [1.807, 2.05) is 13.8 Å². The second-order valence-electron chi connectivity index (χ2n) is 4.87. The highest BCUT2D eigenvalue weighted by Crippen LogP contribution is 2.26. The number of carbonyl (C=O) groups excluding carboxylic acids is 1. The molecule has 4 N–H and O–H groups in total. The lowest BCUT2D eigenvalue weighted by Crippen LogP contribution is -2.37. The summed E-state index contributed by atoms with van der Waals surface area (Å²) in [6, 6.07) is 0. The van der Waals surface area contributed by atoms with Gasteiger partial charge in [-0.15, -0.1) is 0 Å². The van der Waals surface area contributed by atoms with Crippen molar-refractivity contribution < 1.29 is 18.7 Å². The number of hydrogen-bond donors (Lipinski definition) is 3. The van der Waals surface area contributed by atoms with Gasteiger partial charge in [-0.25, -0.2) is 13.8 Å². The summed E-state index contributed by atoms with van der Waals surface area (Å²) in [5.74, 6) is -0.246. The SMILES string of the molecule is CC(C)CNc1nc(N)c(C(=O)N(CCO)CC(F)F)s1. The van der Waals surface area contributed by atoms with Gasteiger partial charge in [-0.3, -0.25) is 4.79 Å².